The van der Waals surface area contributed by atoms with Crippen molar-refractivity contribution >= 4 is 0 Å². The Morgan fingerprint density at radius 3 is 2.62 bits per heavy atom. The summed E-state index contributed by atoms with van der Waals surface area (Å²) in [4.78, 5) is 0. The van der Waals surface area contributed by atoms with Gasteiger partial charge < -0.3 is 4.57 Å². The number of hydrogen-bond acceptors (Lipinski definition) is 2. The van der Waals surface area contributed by atoms with E-state index < -0.39 is 18.2 Å². The van der Waals surface area contributed by atoms with Crippen LogP contribution in [0.1, 0.15) is 12.7 Å². The van der Waals surface area contributed by atoms with Gasteiger partial charge in [0.1, 0.15) is 6.33 Å². The fourth-order valence-electron chi connectivity index (χ4n) is 0.842. The molecule has 0 aliphatic heterocycles. The molecule has 0 N–H and O–H groups in total. The normalized spacial score (nSPS) is 12.5. The maximum absolute atomic E-state index is 12.7. The van der Waals surface area contributed by atoms with E-state index in [2.05, 4.69) is 10.2 Å². The number of aryl methyl sites for hydroxylation is 1. The zero-order valence-corrected chi connectivity index (χ0v) is 6.72. The maximum atomic E-state index is 12.7. The van der Waals surface area contributed by atoms with Gasteiger partial charge in [-0.2, -0.15) is 8.78 Å². The van der Waals surface area contributed by atoms with Crippen molar-refractivity contribution in [1.29, 1.82) is 0 Å². The summed E-state index contributed by atoms with van der Waals surface area (Å²) in [6.07, 6.45) is -2.77. The highest BCUT2D eigenvalue weighted by atomic mass is 19.3. The van der Waals surface area contributed by atoms with Gasteiger partial charge in [-0.05, 0) is 6.92 Å². The van der Waals surface area contributed by atoms with E-state index in [9.17, 15) is 17.6 Å². The molecule has 0 unspecified atom stereocenters. The van der Waals surface area contributed by atoms with Crippen molar-refractivity contribution in [3.05, 3.63) is 12.2 Å². The van der Waals surface area contributed by atoms with Gasteiger partial charge in [0, 0.05) is 6.54 Å². The van der Waals surface area contributed by atoms with E-state index >= 15 is 0 Å². The van der Waals surface area contributed by atoms with E-state index in [0.717, 1.165) is 10.9 Å². The van der Waals surface area contributed by atoms with Gasteiger partial charge in [-0.1, -0.05) is 0 Å². The molecule has 74 valence electrons. The molecular weight excluding hydrogens is 190 g/mol. The summed E-state index contributed by atoms with van der Waals surface area (Å²) in [5.74, 6) is -5.23. The van der Waals surface area contributed by atoms with E-state index in [1.54, 1.807) is 0 Å². The maximum Gasteiger partial charge on any atom is 0.365 e. The van der Waals surface area contributed by atoms with Gasteiger partial charge in [-0.3, -0.25) is 0 Å². The smallest absolute Gasteiger partial charge is 0.313 e. The lowest BCUT2D eigenvalue weighted by Gasteiger charge is -2.14. The molecule has 1 heterocycles. The first-order valence-corrected chi connectivity index (χ1v) is 3.54. The van der Waals surface area contributed by atoms with Gasteiger partial charge in [-0.25, -0.2) is 8.78 Å². The van der Waals surface area contributed by atoms with Crippen LogP contribution in [0.5, 0.6) is 0 Å². The van der Waals surface area contributed by atoms with Gasteiger partial charge in [-0.15, -0.1) is 10.2 Å². The summed E-state index contributed by atoms with van der Waals surface area (Å²) in [6.45, 7) is 1.67. The van der Waals surface area contributed by atoms with E-state index in [1.807, 2.05) is 0 Å². The molecule has 13 heavy (non-hydrogen) atoms. The van der Waals surface area contributed by atoms with Crippen LogP contribution in [-0.2, 0) is 12.5 Å². The molecule has 0 amide bonds. The largest absolute Gasteiger partial charge is 0.365 e. The van der Waals surface area contributed by atoms with E-state index in [1.165, 1.54) is 6.92 Å². The van der Waals surface area contributed by atoms with Crippen LogP contribution in [-0.4, -0.2) is 21.2 Å². The molecule has 0 aliphatic carbocycles. The van der Waals surface area contributed by atoms with Crippen molar-refractivity contribution in [1.82, 2.24) is 14.8 Å². The van der Waals surface area contributed by atoms with Crippen molar-refractivity contribution in [2.75, 3.05) is 0 Å². The first-order chi connectivity index (χ1) is 6.00. The Hall–Kier alpha value is -1.14. The predicted molar refractivity (Wildman–Crippen MR) is 35.6 cm³/mol. The second-order valence-corrected chi connectivity index (χ2v) is 2.36. The monoisotopic (exact) mass is 197 g/mol. The standard InChI is InChI=1S/C6H7F4N3/c1-2-13-3-11-12-5(13)6(9,10)4(7)8/h3-4H,2H2,1H3. The number of aromatic nitrogens is 3. The quantitative estimate of drug-likeness (QED) is 0.690. The molecule has 7 heteroatoms. The summed E-state index contributed by atoms with van der Waals surface area (Å²) in [6, 6.07) is 0. The molecular formula is C6H7F4N3. The highest BCUT2D eigenvalue weighted by Gasteiger charge is 2.47. The van der Waals surface area contributed by atoms with Crippen molar-refractivity contribution < 1.29 is 17.6 Å². The van der Waals surface area contributed by atoms with Gasteiger partial charge in [0.2, 0.25) is 5.82 Å². The molecule has 0 radical (unpaired) electrons. The van der Waals surface area contributed by atoms with Crippen LogP contribution in [0.3, 0.4) is 0 Å². The zero-order chi connectivity index (χ0) is 10.1. The lowest BCUT2D eigenvalue weighted by molar-refractivity contribution is -0.142. The Morgan fingerprint density at radius 1 is 1.54 bits per heavy atom. The molecule has 3 nitrogen and oxygen atoms in total. The molecule has 0 aliphatic rings. The Kier molecular flexibility index (Phi) is 2.53. The van der Waals surface area contributed by atoms with Gasteiger partial charge in [0.25, 0.3) is 0 Å². The zero-order valence-electron chi connectivity index (χ0n) is 6.72. The van der Waals surface area contributed by atoms with Crippen LogP contribution in [0.2, 0.25) is 0 Å². The molecule has 0 saturated heterocycles. The minimum atomic E-state index is -4.23. The third-order valence-corrected chi connectivity index (χ3v) is 1.53. The predicted octanol–water partition coefficient (Wildman–Crippen LogP) is 1.65. The molecule has 0 spiro atoms. The van der Waals surface area contributed by atoms with Crippen molar-refractivity contribution in [3.8, 4) is 0 Å². The Labute approximate surface area is 71.4 Å². The summed E-state index contributed by atoms with van der Waals surface area (Å²) < 4.78 is 50.0. The van der Waals surface area contributed by atoms with Crippen LogP contribution in [0.25, 0.3) is 0 Å². The highest BCUT2D eigenvalue weighted by Crippen LogP contribution is 2.32. The van der Waals surface area contributed by atoms with Crippen LogP contribution < -0.4 is 0 Å². The van der Waals surface area contributed by atoms with Crippen LogP contribution >= 0.6 is 0 Å². The number of nitrogens with zero attached hydrogens (tertiary/aromatic N) is 3. The topological polar surface area (TPSA) is 30.7 Å². The molecule has 0 saturated carbocycles. The van der Waals surface area contributed by atoms with Crippen LogP contribution in [0, 0.1) is 0 Å². The first-order valence-electron chi connectivity index (χ1n) is 3.54. The van der Waals surface area contributed by atoms with Gasteiger partial charge >= 0.3 is 12.3 Å². The second-order valence-electron chi connectivity index (χ2n) is 2.36. The summed E-state index contributed by atoms with van der Waals surface area (Å²) in [5, 5.41) is 6.10. The van der Waals surface area contributed by atoms with E-state index in [0.29, 0.717) is 0 Å². The van der Waals surface area contributed by atoms with Crippen molar-refractivity contribution in [3.63, 3.8) is 0 Å². The van der Waals surface area contributed by atoms with Crippen molar-refractivity contribution in [2.24, 2.45) is 0 Å². The Bertz CT molecular complexity index is 283. The van der Waals surface area contributed by atoms with Crippen LogP contribution in [0.15, 0.2) is 6.33 Å². The molecule has 0 atom stereocenters. The fourth-order valence-corrected chi connectivity index (χ4v) is 0.842. The van der Waals surface area contributed by atoms with E-state index in [-0.39, 0.29) is 6.54 Å². The number of alkyl halides is 4. The third-order valence-electron chi connectivity index (χ3n) is 1.53. The Balaban J connectivity index is 3.06. The summed E-state index contributed by atoms with van der Waals surface area (Å²) >= 11 is 0. The minimum Gasteiger partial charge on any atom is -0.313 e. The molecule has 1 rings (SSSR count). The third kappa shape index (κ3) is 1.63. The van der Waals surface area contributed by atoms with Crippen molar-refractivity contribution in [2.45, 2.75) is 25.8 Å². The number of halogens is 4. The molecule has 1 aromatic heterocycles. The molecule has 1 aromatic rings. The lowest BCUT2D eigenvalue weighted by atomic mass is 10.3. The average Bonchev–Trinajstić information content (AvgIpc) is 2.51. The fraction of sp³-hybridized carbons (Fsp3) is 0.667. The summed E-state index contributed by atoms with van der Waals surface area (Å²) in [5.41, 5.74) is 0. The minimum absolute atomic E-state index is 0.130. The molecule has 0 fully saturated rings. The number of rotatable bonds is 3. The first kappa shape index (κ1) is 9.94. The Morgan fingerprint density at radius 2 is 2.15 bits per heavy atom. The second kappa shape index (κ2) is 3.31. The molecule has 0 bridgehead atoms. The molecule has 0 aromatic carbocycles. The van der Waals surface area contributed by atoms with Gasteiger partial charge in [0.05, 0.1) is 0 Å². The summed E-state index contributed by atoms with van der Waals surface area (Å²) in [7, 11) is 0. The number of hydrogen-bond donors (Lipinski definition) is 0. The van der Waals surface area contributed by atoms with E-state index in [4.69, 9.17) is 0 Å². The van der Waals surface area contributed by atoms with Gasteiger partial charge in [0.15, 0.2) is 0 Å². The van der Waals surface area contributed by atoms with Crippen LogP contribution in [0.4, 0.5) is 17.6 Å². The SMILES string of the molecule is CCn1cnnc1C(F)(F)C(F)F. The lowest BCUT2D eigenvalue weighted by Crippen LogP contribution is -2.27. The highest BCUT2D eigenvalue weighted by molar-refractivity contribution is 4.97. The average molecular weight is 197 g/mol.